The molecule has 0 aliphatic carbocycles. The largest absolute Gasteiger partial charge is 0.453 e. The zero-order valence-corrected chi connectivity index (χ0v) is 18.3. The van der Waals surface area contributed by atoms with Crippen molar-refractivity contribution in [2.24, 2.45) is 0 Å². The zero-order valence-electron chi connectivity index (χ0n) is 16.7. The highest BCUT2D eigenvalue weighted by atomic mass is 79.9. The first-order valence-electron chi connectivity index (χ1n) is 9.28. The number of ether oxygens (including phenoxy) is 1. The molecule has 156 valence electrons. The molecule has 1 N–H and O–H groups in total. The maximum Gasteiger partial charge on any atom is 0.412 e. The van der Waals surface area contributed by atoms with E-state index >= 15 is 0 Å². The standard InChI is InChI=1S/C22H18BrN5O3/c1-27(17-5-3-4-16(23)10-17)21(29)15-7-9-20-25-12-18(28(20)13-15)14-6-8-19(24-11-14)26-22(30)31-2/h3-13H,1-2H3,(H,24,26,30). The van der Waals surface area contributed by atoms with E-state index in [2.05, 4.69) is 36.0 Å². The highest BCUT2D eigenvalue weighted by molar-refractivity contribution is 9.10. The Balaban J connectivity index is 1.65. The van der Waals surface area contributed by atoms with E-state index in [0.29, 0.717) is 17.0 Å². The lowest BCUT2D eigenvalue weighted by molar-refractivity contribution is 0.0992. The molecule has 0 saturated heterocycles. The molecule has 0 saturated carbocycles. The minimum Gasteiger partial charge on any atom is -0.453 e. The summed E-state index contributed by atoms with van der Waals surface area (Å²) in [5.74, 6) is 0.228. The summed E-state index contributed by atoms with van der Waals surface area (Å²) in [4.78, 5) is 34.6. The van der Waals surface area contributed by atoms with Gasteiger partial charge in [-0.25, -0.2) is 14.8 Å². The second-order valence-corrected chi connectivity index (χ2v) is 7.60. The van der Waals surface area contributed by atoms with Gasteiger partial charge in [0.05, 0.1) is 24.6 Å². The van der Waals surface area contributed by atoms with Gasteiger partial charge in [-0.15, -0.1) is 0 Å². The van der Waals surface area contributed by atoms with Crippen LogP contribution in [0, 0.1) is 0 Å². The summed E-state index contributed by atoms with van der Waals surface area (Å²) >= 11 is 3.43. The maximum atomic E-state index is 13.1. The fourth-order valence-electron chi connectivity index (χ4n) is 3.09. The minimum atomic E-state index is -0.590. The molecule has 0 spiro atoms. The number of fused-ring (bicyclic) bond motifs is 1. The van der Waals surface area contributed by atoms with Crippen LogP contribution in [-0.4, -0.2) is 40.5 Å². The Morgan fingerprint density at radius 2 is 1.94 bits per heavy atom. The number of hydrogen-bond donors (Lipinski definition) is 1. The molecule has 0 aliphatic heterocycles. The van der Waals surface area contributed by atoms with Gasteiger partial charge < -0.3 is 9.64 Å². The number of methoxy groups -OCH3 is 1. The quantitative estimate of drug-likeness (QED) is 0.461. The van der Waals surface area contributed by atoms with Crippen LogP contribution in [-0.2, 0) is 4.74 Å². The van der Waals surface area contributed by atoms with Crippen LogP contribution in [0.2, 0.25) is 0 Å². The normalized spacial score (nSPS) is 10.7. The molecule has 1 aromatic carbocycles. The summed E-state index contributed by atoms with van der Waals surface area (Å²) in [6.07, 6.45) is 4.51. The van der Waals surface area contributed by atoms with E-state index in [1.807, 2.05) is 34.7 Å². The minimum absolute atomic E-state index is 0.143. The Hall–Kier alpha value is -3.72. The average molecular weight is 480 g/mol. The average Bonchev–Trinajstić information content (AvgIpc) is 3.21. The van der Waals surface area contributed by atoms with Crippen LogP contribution in [0.5, 0.6) is 0 Å². The van der Waals surface area contributed by atoms with Crippen molar-refractivity contribution in [3.05, 3.63) is 77.2 Å². The molecule has 0 unspecified atom stereocenters. The lowest BCUT2D eigenvalue weighted by atomic mass is 10.2. The van der Waals surface area contributed by atoms with Gasteiger partial charge in [0, 0.05) is 35.2 Å². The SMILES string of the molecule is COC(=O)Nc1ccc(-c2cnc3ccc(C(=O)N(C)c4cccc(Br)c4)cn23)cn1. The topological polar surface area (TPSA) is 88.8 Å². The number of benzene rings is 1. The molecular weight excluding hydrogens is 462 g/mol. The van der Waals surface area contributed by atoms with Crippen LogP contribution in [0.25, 0.3) is 16.9 Å². The summed E-state index contributed by atoms with van der Waals surface area (Å²) in [6.45, 7) is 0. The number of rotatable bonds is 4. The Morgan fingerprint density at radius 3 is 2.65 bits per heavy atom. The number of anilines is 2. The number of halogens is 1. The number of hydrogen-bond acceptors (Lipinski definition) is 5. The van der Waals surface area contributed by atoms with Gasteiger partial charge in [0.2, 0.25) is 0 Å². The predicted molar refractivity (Wildman–Crippen MR) is 121 cm³/mol. The smallest absolute Gasteiger partial charge is 0.412 e. The Labute approximate surface area is 186 Å². The van der Waals surface area contributed by atoms with Crippen molar-refractivity contribution in [2.75, 3.05) is 24.4 Å². The van der Waals surface area contributed by atoms with E-state index in [4.69, 9.17) is 0 Å². The van der Waals surface area contributed by atoms with E-state index in [9.17, 15) is 9.59 Å². The second kappa shape index (κ2) is 8.57. The zero-order chi connectivity index (χ0) is 22.0. The van der Waals surface area contributed by atoms with Crippen molar-refractivity contribution < 1.29 is 14.3 Å². The molecular formula is C22H18BrN5O3. The molecule has 2 amide bonds. The van der Waals surface area contributed by atoms with E-state index in [-0.39, 0.29) is 5.91 Å². The van der Waals surface area contributed by atoms with Gasteiger partial charge in [0.1, 0.15) is 11.5 Å². The number of nitrogens with one attached hydrogen (secondary N) is 1. The maximum absolute atomic E-state index is 13.1. The Bertz CT molecular complexity index is 1270. The fraction of sp³-hybridized carbons (Fsp3) is 0.0909. The van der Waals surface area contributed by atoms with Crippen LogP contribution in [0.3, 0.4) is 0 Å². The molecule has 4 rings (SSSR count). The molecule has 9 heteroatoms. The number of carbonyl (C=O) groups excluding carboxylic acids is 2. The van der Waals surface area contributed by atoms with E-state index in [0.717, 1.165) is 21.4 Å². The van der Waals surface area contributed by atoms with Crippen molar-refractivity contribution in [1.29, 1.82) is 0 Å². The predicted octanol–water partition coefficient (Wildman–Crippen LogP) is 4.61. The number of pyridine rings is 2. The summed E-state index contributed by atoms with van der Waals surface area (Å²) < 4.78 is 7.30. The Morgan fingerprint density at radius 1 is 1.10 bits per heavy atom. The summed E-state index contributed by atoms with van der Waals surface area (Å²) in [6, 6.07) is 14.6. The number of nitrogens with zero attached hydrogens (tertiary/aromatic N) is 4. The third-order valence-corrected chi connectivity index (χ3v) is 5.22. The third-order valence-electron chi connectivity index (χ3n) is 4.73. The van der Waals surface area contributed by atoms with Crippen LogP contribution < -0.4 is 10.2 Å². The molecule has 3 aromatic heterocycles. The van der Waals surface area contributed by atoms with Crippen molar-refractivity contribution in [3.8, 4) is 11.3 Å². The van der Waals surface area contributed by atoms with Crippen molar-refractivity contribution >= 4 is 45.1 Å². The number of imidazole rings is 1. The molecule has 4 aromatic rings. The van der Waals surface area contributed by atoms with Gasteiger partial charge in [0.25, 0.3) is 5.91 Å². The summed E-state index contributed by atoms with van der Waals surface area (Å²) in [5.41, 5.74) is 3.56. The van der Waals surface area contributed by atoms with Crippen molar-refractivity contribution in [2.45, 2.75) is 0 Å². The first-order valence-corrected chi connectivity index (χ1v) is 10.1. The van der Waals surface area contributed by atoms with Crippen LogP contribution >= 0.6 is 15.9 Å². The van der Waals surface area contributed by atoms with Gasteiger partial charge in [-0.1, -0.05) is 22.0 Å². The van der Waals surface area contributed by atoms with Crippen LogP contribution in [0.4, 0.5) is 16.3 Å². The highest BCUT2D eigenvalue weighted by Crippen LogP contribution is 2.24. The molecule has 0 radical (unpaired) electrons. The first-order chi connectivity index (χ1) is 15.0. The lowest BCUT2D eigenvalue weighted by Gasteiger charge is -2.18. The van der Waals surface area contributed by atoms with E-state index < -0.39 is 6.09 Å². The summed E-state index contributed by atoms with van der Waals surface area (Å²) in [7, 11) is 3.02. The van der Waals surface area contributed by atoms with Crippen LogP contribution in [0.15, 0.2) is 71.6 Å². The van der Waals surface area contributed by atoms with Gasteiger partial charge in [-0.3, -0.25) is 14.5 Å². The van der Waals surface area contributed by atoms with Gasteiger partial charge in [0.15, 0.2) is 0 Å². The fourth-order valence-corrected chi connectivity index (χ4v) is 3.48. The van der Waals surface area contributed by atoms with Crippen LogP contribution in [0.1, 0.15) is 10.4 Å². The molecule has 8 nitrogen and oxygen atoms in total. The second-order valence-electron chi connectivity index (χ2n) is 6.68. The summed E-state index contributed by atoms with van der Waals surface area (Å²) in [5, 5.41) is 2.51. The molecule has 0 fully saturated rings. The number of aromatic nitrogens is 3. The van der Waals surface area contributed by atoms with E-state index in [1.54, 1.807) is 48.7 Å². The number of amides is 2. The van der Waals surface area contributed by atoms with Gasteiger partial charge in [-0.05, 0) is 42.5 Å². The third kappa shape index (κ3) is 4.26. The molecule has 31 heavy (non-hydrogen) atoms. The van der Waals surface area contributed by atoms with Gasteiger partial charge in [-0.2, -0.15) is 0 Å². The monoisotopic (exact) mass is 479 g/mol. The molecule has 3 heterocycles. The molecule has 0 atom stereocenters. The Kier molecular flexibility index (Phi) is 5.68. The van der Waals surface area contributed by atoms with Crippen molar-refractivity contribution in [1.82, 2.24) is 14.4 Å². The van der Waals surface area contributed by atoms with E-state index in [1.165, 1.54) is 7.11 Å². The molecule has 0 aliphatic rings. The first kappa shape index (κ1) is 20.5. The number of carbonyl (C=O) groups is 2. The highest BCUT2D eigenvalue weighted by Gasteiger charge is 2.16. The van der Waals surface area contributed by atoms with Crippen molar-refractivity contribution in [3.63, 3.8) is 0 Å². The van der Waals surface area contributed by atoms with Gasteiger partial charge >= 0.3 is 6.09 Å². The molecule has 0 bridgehead atoms. The lowest BCUT2D eigenvalue weighted by Crippen LogP contribution is -2.26.